The van der Waals surface area contributed by atoms with Gasteiger partial charge in [0.1, 0.15) is 0 Å². The third-order valence-corrected chi connectivity index (χ3v) is 6.35. The molecule has 0 bridgehead atoms. The third kappa shape index (κ3) is 5.90. The molecule has 8 heteroatoms. The molecule has 0 spiro atoms. The molecule has 7 nitrogen and oxygen atoms in total. The minimum Gasteiger partial charge on any atom is -0.452 e. The quantitative estimate of drug-likeness (QED) is 0.509. The lowest BCUT2D eigenvalue weighted by Gasteiger charge is -2.33. The molecule has 1 aliphatic heterocycles. The molecular formula is C20H28N2O5S. The Bertz CT molecular complexity index is 819. The fourth-order valence-corrected chi connectivity index (χ4v) is 4.37. The molecule has 0 unspecified atom stereocenters. The number of sulfonamides is 1. The number of allylic oxidation sites excluding steroid dienone is 1. The Labute approximate surface area is 167 Å². The summed E-state index contributed by atoms with van der Waals surface area (Å²) in [6.45, 7) is 6.24. The van der Waals surface area contributed by atoms with Gasteiger partial charge in [-0.25, -0.2) is 13.2 Å². The number of aryl methyl sites for hydroxylation is 1. The summed E-state index contributed by atoms with van der Waals surface area (Å²) in [5, 5.41) is 0. The van der Waals surface area contributed by atoms with Gasteiger partial charge in [0.05, 0.1) is 4.90 Å². The first kappa shape index (κ1) is 22.1. The summed E-state index contributed by atoms with van der Waals surface area (Å²) in [6.07, 6.45) is 3.24. The number of rotatable bonds is 7. The maximum atomic E-state index is 12.8. The molecule has 28 heavy (non-hydrogen) atoms. The van der Waals surface area contributed by atoms with Crippen molar-refractivity contribution in [3.05, 3.63) is 41.5 Å². The van der Waals surface area contributed by atoms with Crippen LogP contribution in [0.2, 0.25) is 0 Å². The summed E-state index contributed by atoms with van der Waals surface area (Å²) in [5.74, 6) is -0.877. The van der Waals surface area contributed by atoms with Crippen LogP contribution < -0.4 is 0 Å². The maximum absolute atomic E-state index is 12.8. The van der Waals surface area contributed by atoms with E-state index >= 15 is 0 Å². The number of hydrogen-bond acceptors (Lipinski definition) is 5. The van der Waals surface area contributed by atoms with Crippen molar-refractivity contribution < 1.29 is 22.7 Å². The Hall–Kier alpha value is -2.19. The second-order valence-corrected chi connectivity index (χ2v) is 8.95. The number of ether oxygens (including phenoxy) is 1. The lowest BCUT2D eigenvalue weighted by atomic mass is 10.1. The first-order chi connectivity index (χ1) is 13.2. The standard InChI is InChI=1S/C20H28N2O5S/c1-4-5-17-6-8-18(9-7-17)28(25,26)22-12-10-21(11-13-22)19(23)15-27-20(24)14-16(2)3/h6-9,14H,4-5,10-13,15H2,1-3H3. The molecule has 1 aromatic carbocycles. The predicted octanol–water partition coefficient (Wildman–Crippen LogP) is 1.98. The van der Waals surface area contributed by atoms with Crippen molar-refractivity contribution in [2.75, 3.05) is 32.8 Å². The normalized spacial score (nSPS) is 15.2. The lowest BCUT2D eigenvalue weighted by Crippen LogP contribution is -2.51. The number of hydrogen-bond donors (Lipinski definition) is 0. The summed E-state index contributed by atoms with van der Waals surface area (Å²) in [7, 11) is -3.58. The molecule has 2 rings (SSSR count). The van der Waals surface area contributed by atoms with Crippen molar-refractivity contribution in [1.29, 1.82) is 0 Å². The molecule has 1 aliphatic rings. The highest BCUT2D eigenvalue weighted by molar-refractivity contribution is 7.89. The van der Waals surface area contributed by atoms with Crippen molar-refractivity contribution in [3.63, 3.8) is 0 Å². The van der Waals surface area contributed by atoms with E-state index in [1.54, 1.807) is 26.0 Å². The predicted molar refractivity (Wildman–Crippen MR) is 106 cm³/mol. The van der Waals surface area contributed by atoms with E-state index in [0.29, 0.717) is 0 Å². The SMILES string of the molecule is CCCc1ccc(S(=O)(=O)N2CCN(C(=O)COC(=O)C=C(C)C)CC2)cc1. The van der Waals surface area contributed by atoms with Crippen LogP contribution >= 0.6 is 0 Å². The van der Waals surface area contributed by atoms with Gasteiger partial charge in [0.2, 0.25) is 10.0 Å². The molecule has 0 atom stereocenters. The number of carbonyl (C=O) groups excluding carboxylic acids is 2. The number of carbonyl (C=O) groups is 2. The van der Waals surface area contributed by atoms with Gasteiger partial charge < -0.3 is 9.64 Å². The molecule has 1 heterocycles. The van der Waals surface area contributed by atoms with E-state index in [1.807, 2.05) is 12.1 Å². The van der Waals surface area contributed by atoms with Crippen molar-refractivity contribution >= 4 is 21.9 Å². The third-order valence-electron chi connectivity index (χ3n) is 4.44. The van der Waals surface area contributed by atoms with E-state index in [1.165, 1.54) is 15.3 Å². The topological polar surface area (TPSA) is 84.0 Å². The van der Waals surface area contributed by atoms with Crippen LogP contribution in [0, 0.1) is 0 Å². The molecule has 0 saturated carbocycles. The average molecular weight is 409 g/mol. The second kappa shape index (κ2) is 9.84. The summed E-state index contributed by atoms with van der Waals surface area (Å²) < 4.78 is 31.9. The van der Waals surface area contributed by atoms with Gasteiger partial charge in [0.15, 0.2) is 6.61 Å². The van der Waals surface area contributed by atoms with Crippen LogP contribution in [0.4, 0.5) is 0 Å². The molecule has 1 amide bonds. The van der Waals surface area contributed by atoms with Crippen LogP contribution in [0.1, 0.15) is 32.8 Å². The van der Waals surface area contributed by atoms with Crippen molar-refractivity contribution in [1.82, 2.24) is 9.21 Å². The molecule has 0 aromatic heterocycles. The molecule has 1 aromatic rings. The highest BCUT2D eigenvalue weighted by atomic mass is 32.2. The second-order valence-electron chi connectivity index (χ2n) is 7.01. The Balaban J connectivity index is 1.90. The summed E-state index contributed by atoms with van der Waals surface area (Å²) in [4.78, 5) is 25.4. The zero-order valence-electron chi connectivity index (χ0n) is 16.7. The van der Waals surface area contributed by atoms with E-state index in [9.17, 15) is 18.0 Å². The van der Waals surface area contributed by atoms with Crippen LogP contribution in [0.3, 0.4) is 0 Å². The lowest BCUT2D eigenvalue weighted by molar-refractivity contribution is -0.148. The number of esters is 1. The number of piperazine rings is 1. The summed E-state index contributed by atoms with van der Waals surface area (Å²) in [6, 6.07) is 6.97. The van der Waals surface area contributed by atoms with Gasteiger partial charge in [-0.05, 0) is 38.0 Å². The van der Waals surface area contributed by atoms with E-state index in [-0.39, 0.29) is 43.6 Å². The van der Waals surface area contributed by atoms with E-state index in [0.717, 1.165) is 24.0 Å². The zero-order valence-corrected chi connectivity index (χ0v) is 17.5. The van der Waals surface area contributed by atoms with Gasteiger partial charge in [-0.3, -0.25) is 4.79 Å². The Kier molecular flexibility index (Phi) is 7.77. The van der Waals surface area contributed by atoms with Gasteiger partial charge in [-0.1, -0.05) is 31.1 Å². The molecule has 1 saturated heterocycles. The molecule has 154 valence electrons. The van der Waals surface area contributed by atoms with Gasteiger partial charge in [0.25, 0.3) is 5.91 Å². The first-order valence-corrected chi connectivity index (χ1v) is 10.9. The largest absolute Gasteiger partial charge is 0.452 e. The van der Waals surface area contributed by atoms with Crippen LogP contribution in [-0.2, 0) is 30.8 Å². The van der Waals surface area contributed by atoms with E-state index in [2.05, 4.69) is 6.92 Å². The van der Waals surface area contributed by atoms with Gasteiger partial charge in [-0.2, -0.15) is 4.31 Å². The minimum atomic E-state index is -3.58. The summed E-state index contributed by atoms with van der Waals surface area (Å²) >= 11 is 0. The fourth-order valence-electron chi connectivity index (χ4n) is 2.95. The summed E-state index contributed by atoms with van der Waals surface area (Å²) in [5.41, 5.74) is 1.90. The Morgan fingerprint density at radius 1 is 1.07 bits per heavy atom. The zero-order chi connectivity index (χ0) is 20.7. The van der Waals surface area contributed by atoms with Crippen LogP contribution in [0.15, 0.2) is 40.8 Å². The number of amides is 1. The molecule has 1 fully saturated rings. The average Bonchev–Trinajstić information content (AvgIpc) is 2.66. The molecular weight excluding hydrogens is 380 g/mol. The Morgan fingerprint density at radius 3 is 2.21 bits per heavy atom. The van der Waals surface area contributed by atoms with Gasteiger partial charge >= 0.3 is 5.97 Å². The van der Waals surface area contributed by atoms with Crippen LogP contribution in [0.25, 0.3) is 0 Å². The van der Waals surface area contributed by atoms with Gasteiger partial charge in [-0.15, -0.1) is 0 Å². The highest BCUT2D eigenvalue weighted by Gasteiger charge is 2.30. The molecule has 0 radical (unpaired) electrons. The molecule has 0 N–H and O–H groups in total. The smallest absolute Gasteiger partial charge is 0.331 e. The fraction of sp³-hybridized carbons (Fsp3) is 0.500. The van der Waals surface area contributed by atoms with Gasteiger partial charge in [0, 0.05) is 32.3 Å². The number of nitrogens with zero attached hydrogens (tertiary/aromatic N) is 2. The van der Waals surface area contributed by atoms with Crippen LogP contribution in [0.5, 0.6) is 0 Å². The first-order valence-electron chi connectivity index (χ1n) is 9.42. The molecule has 0 aliphatic carbocycles. The van der Waals surface area contributed by atoms with Crippen LogP contribution in [-0.4, -0.2) is 62.3 Å². The minimum absolute atomic E-state index is 0.215. The maximum Gasteiger partial charge on any atom is 0.331 e. The van der Waals surface area contributed by atoms with Crippen molar-refractivity contribution in [2.24, 2.45) is 0 Å². The Morgan fingerprint density at radius 2 is 1.68 bits per heavy atom. The monoisotopic (exact) mass is 408 g/mol. The number of benzene rings is 1. The van der Waals surface area contributed by atoms with E-state index < -0.39 is 16.0 Å². The highest BCUT2D eigenvalue weighted by Crippen LogP contribution is 2.19. The van der Waals surface area contributed by atoms with Crippen molar-refractivity contribution in [2.45, 2.75) is 38.5 Å². The van der Waals surface area contributed by atoms with E-state index in [4.69, 9.17) is 4.74 Å². The van der Waals surface area contributed by atoms with Crippen molar-refractivity contribution in [3.8, 4) is 0 Å².